The lowest BCUT2D eigenvalue weighted by Gasteiger charge is -2.10. The molecule has 0 aliphatic rings. The van der Waals surface area contributed by atoms with Crippen LogP contribution in [0.1, 0.15) is 26.7 Å². The summed E-state index contributed by atoms with van der Waals surface area (Å²) in [4.78, 5) is 11.3. The zero-order valence-corrected chi connectivity index (χ0v) is 9.43. The number of primary sulfonamides is 1. The van der Waals surface area contributed by atoms with Gasteiger partial charge in [-0.25, -0.2) is 13.6 Å². The van der Waals surface area contributed by atoms with Crippen LogP contribution in [0.4, 0.5) is 0 Å². The largest absolute Gasteiger partial charge is 0.355 e. The Balaban J connectivity index is 3.75. The number of nitrogens with one attached hydrogen (secondary N) is 1. The number of hydrogen-bond acceptors (Lipinski definition) is 3. The summed E-state index contributed by atoms with van der Waals surface area (Å²) >= 11 is 0. The van der Waals surface area contributed by atoms with Gasteiger partial charge in [-0.1, -0.05) is 20.3 Å². The van der Waals surface area contributed by atoms with Crippen molar-refractivity contribution in [2.75, 3.05) is 12.3 Å². The molecule has 0 saturated carbocycles. The second kappa shape index (κ2) is 5.98. The van der Waals surface area contributed by atoms with Crippen LogP contribution in [-0.4, -0.2) is 26.6 Å². The summed E-state index contributed by atoms with van der Waals surface area (Å²) in [5, 5.41) is 7.30. The highest BCUT2D eigenvalue weighted by molar-refractivity contribution is 7.89. The van der Waals surface area contributed by atoms with Gasteiger partial charge in [-0.15, -0.1) is 0 Å². The molecule has 0 aliphatic heterocycles. The molecule has 6 heteroatoms. The Morgan fingerprint density at radius 2 is 2.07 bits per heavy atom. The molecule has 0 spiro atoms. The minimum absolute atomic E-state index is 0.0690. The summed E-state index contributed by atoms with van der Waals surface area (Å²) in [6.45, 7) is 3.90. The summed E-state index contributed by atoms with van der Waals surface area (Å²) in [6, 6.07) is 0. The minimum Gasteiger partial charge on any atom is -0.355 e. The minimum atomic E-state index is -3.47. The van der Waals surface area contributed by atoms with Crippen molar-refractivity contribution >= 4 is 15.9 Å². The van der Waals surface area contributed by atoms with E-state index in [1.165, 1.54) is 0 Å². The molecule has 3 N–H and O–H groups in total. The van der Waals surface area contributed by atoms with Gasteiger partial charge in [0.1, 0.15) is 0 Å². The van der Waals surface area contributed by atoms with E-state index in [1.54, 1.807) is 0 Å². The molecule has 1 unspecified atom stereocenters. The van der Waals surface area contributed by atoms with Crippen LogP contribution in [0.25, 0.3) is 0 Å². The Morgan fingerprint density at radius 3 is 2.50 bits per heavy atom. The molecule has 0 radical (unpaired) electrons. The van der Waals surface area contributed by atoms with Gasteiger partial charge in [0.15, 0.2) is 0 Å². The first kappa shape index (κ1) is 13.4. The number of sulfonamides is 1. The maximum atomic E-state index is 11.3. The number of hydrogen-bond donors (Lipinski definition) is 2. The summed E-state index contributed by atoms with van der Waals surface area (Å²) in [5.74, 6) is -0.395. The third kappa shape index (κ3) is 6.85. The van der Waals surface area contributed by atoms with E-state index in [4.69, 9.17) is 5.14 Å². The molecular formula is C8H18N2O3S. The van der Waals surface area contributed by atoms with Crippen LogP contribution in [0.5, 0.6) is 0 Å². The normalized spacial score (nSPS) is 13.6. The number of amides is 1. The van der Waals surface area contributed by atoms with Crippen LogP contribution in [0, 0.1) is 5.92 Å². The molecule has 0 aromatic rings. The van der Waals surface area contributed by atoms with Crippen LogP contribution in [0.2, 0.25) is 0 Å². The van der Waals surface area contributed by atoms with Crippen molar-refractivity contribution < 1.29 is 13.2 Å². The summed E-state index contributed by atoms with van der Waals surface area (Å²) < 4.78 is 21.1. The van der Waals surface area contributed by atoms with Crippen LogP contribution < -0.4 is 10.5 Å². The van der Waals surface area contributed by atoms with Crippen molar-refractivity contribution in [3.05, 3.63) is 0 Å². The zero-order chi connectivity index (χ0) is 11.2. The van der Waals surface area contributed by atoms with E-state index in [2.05, 4.69) is 5.32 Å². The third-order valence-corrected chi connectivity index (χ3v) is 2.63. The van der Waals surface area contributed by atoms with E-state index in [0.29, 0.717) is 0 Å². The maximum absolute atomic E-state index is 11.3. The molecule has 0 saturated heterocycles. The van der Waals surface area contributed by atoms with Crippen molar-refractivity contribution in [3.63, 3.8) is 0 Å². The fourth-order valence-corrected chi connectivity index (χ4v) is 1.44. The highest BCUT2D eigenvalue weighted by Gasteiger charge is 2.11. The van der Waals surface area contributed by atoms with Crippen LogP contribution in [-0.2, 0) is 14.8 Å². The van der Waals surface area contributed by atoms with Gasteiger partial charge in [-0.3, -0.25) is 4.79 Å². The Labute approximate surface area is 85.1 Å². The van der Waals surface area contributed by atoms with E-state index in [1.807, 2.05) is 13.8 Å². The quantitative estimate of drug-likeness (QED) is 0.653. The molecule has 5 nitrogen and oxygen atoms in total. The van der Waals surface area contributed by atoms with Gasteiger partial charge in [0.25, 0.3) is 0 Å². The molecule has 0 heterocycles. The van der Waals surface area contributed by atoms with Crippen LogP contribution in [0.15, 0.2) is 0 Å². The van der Waals surface area contributed by atoms with E-state index < -0.39 is 10.0 Å². The van der Waals surface area contributed by atoms with Crippen molar-refractivity contribution in [1.82, 2.24) is 5.32 Å². The Kier molecular flexibility index (Phi) is 5.71. The number of carbonyl (C=O) groups excluding carboxylic acids is 1. The molecule has 0 aromatic carbocycles. The second-order valence-electron chi connectivity index (χ2n) is 3.35. The highest BCUT2D eigenvalue weighted by Crippen LogP contribution is 2.03. The summed E-state index contributed by atoms with van der Waals surface area (Å²) in [6.07, 6.45) is 1.74. The number of carbonyl (C=O) groups is 1. The molecule has 84 valence electrons. The fourth-order valence-electron chi connectivity index (χ4n) is 1.05. The summed E-state index contributed by atoms with van der Waals surface area (Å²) in [7, 11) is -3.47. The first-order chi connectivity index (χ1) is 6.37. The Bertz CT molecular complexity index is 274. The zero-order valence-electron chi connectivity index (χ0n) is 8.62. The van der Waals surface area contributed by atoms with Crippen molar-refractivity contribution in [1.29, 1.82) is 0 Å². The monoisotopic (exact) mass is 222 g/mol. The highest BCUT2D eigenvalue weighted by atomic mass is 32.2. The first-order valence-electron chi connectivity index (χ1n) is 4.65. The number of nitrogens with two attached hydrogens (primary N) is 1. The molecule has 14 heavy (non-hydrogen) atoms. The first-order valence-corrected chi connectivity index (χ1v) is 6.36. The van der Waals surface area contributed by atoms with Gasteiger partial charge in [0.2, 0.25) is 15.9 Å². The molecule has 0 bridgehead atoms. The van der Waals surface area contributed by atoms with Crippen LogP contribution in [0.3, 0.4) is 0 Å². The molecule has 1 amide bonds. The molecule has 0 aromatic heterocycles. The van der Waals surface area contributed by atoms with Gasteiger partial charge in [0.05, 0.1) is 5.75 Å². The Morgan fingerprint density at radius 1 is 1.50 bits per heavy atom. The molecule has 1 atom stereocenters. The maximum Gasteiger partial charge on any atom is 0.222 e. The van der Waals surface area contributed by atoms with E-state index in [9.17, 15) is 13.2 Å². The van der Waals surface area contributed by atoms with Gasteiger partial charge in [-0.05, 0) is 6.42 Å². The van der Waals surface area contributed by atoms with Crippen LogP contribution >= 0.6 is 0 Å². The van der Waals surface area contributed by atoms with E-state index in [0.717, 1.165) is 12.8 Å². The van der Waals surface area contributed by atoms with Crippen molar-refractivity contribution in [3.8, 4) is 0 Å². The Hall–Kier alpha value is -0.620. The van der Waals surface area contributed by atoms with Gasteiger partial charge in [-0.2, -0.15) is 0 Å². The summed E-state index contributed by atoms with van der Waals surface area (Å²) in [5.41, 5.74) is 0. The average Bonchev–Trinajstić information content (AvgIpc) is 2.02. The van der Waals surface area contributed by atoms with Gasteiger partial charge in [0, 0.05) is 12.5 Å². The third-order valence-electron chi connectivity index (χ3n) is 1.86. The average molecular weight is 222 g/mol. The SMILES string of the molecule is CCCC(C)C(=O)NCCS(N)(=O)=O. The molecular weight excluding hydrogens is 204 g/mol. The van der Waals surface area contributed by atoms with Gasteiger partial charge >= 0.3 is 0 Å². The molecule has 0 aliphatic carbocycles. The molecule has 0 fully saturated rings. The fraction of sp³-hybridized carbons (Fsp3) is 0.875. The van der Waals surface area contributed by atoms with E-state index >= 15 is 0 Å². The van der Waals surface area contributed by atoms with Crippen molar-refractivity contribution in [2.45, 2.75) is 26.7 Å². The predicted molar refractivity (Wildman–Crippen MR) is 55.1 cm³/mol. The lowest BCUT2D eigenvalue weighted by atomic mass is 10.1. The van der Waals surface area contributed by atoms with Crippen molar-refractivity contribution in [2.24, 2.45) is 11.1 Å². The van der Waals surface area contributed by atoms with E-state index in [-0.39, 0.29) is 24.1 Å². The molecule has 0 rings (SSSR count). The standard InChI is InChI=1S/C8H18N2O3S/c1-3-4-7(2)8(11)10-5-6-14(9,12)13/h7H,3-6H2,1-2H3,(H,10,11)(H2,9,12,13). The lowest BCUT2D eigenvalue weighted by Crippen LogP contribution is -2.34. The smallest absolute Gasteiger partial charge is 0.222 e. The second-order valence-corrected chi connectivity index (χ2v) is 5.08. The number of rotatable bonds is 6. The topological polar surface area (TPSA) is 89.3 Å². The van der Waals surface area contributed by atoms with Gasteiger partial charge < -0.3 is 5.32 Å². The predicted octanol–water partition coefficient (Wildman–Crippen LogP) is -0.173. The lowest BCUT2D eigenvalue weighted by molar-refractivity contribution is -0.124.